The lowest BCUT2D eigenvalue weighted by Gasteiger charge is -2.14. The Hall–Kier alpha value is -0.473. The van der Waals surface area contributed by atoms with Crippen molar-refractivity contribution in [1.29, 1.82) is 0 Å². The van der Waals surface area contributed by atoms with Crippen molar-refractivity contribution in [3.8, 4) is 5.75 Å². The maximum Gasteiger partial charge on any atom is 0.126 e. The zero-order valence-electron chi connectivity index (χ0n) is 8.57. The van der Waals surface area contributed by atoms with Crippen LogP contribution < -0.4 is 9.92 Å². The molecule has 0 N–H and O–H groups in total. The number of benzene rings is 1. The third-order valence-corrected chi connectivity index (χ3v) is 3.85. The van der Waals surface area contributed by atoms with E-state index in [0.29, 0.717) is 5.88 Å². The average Bonchev–Trinajstić information content (AvgIpc) is 2.13. The molecule has 0 fully saturated rings. The minimum absolute atomic E-state index is 0.527. The molecule has 0 aliphatic heterocycles. The molecule has 0 aromatic heterocycles. The molecule has 72 valence electrons. The number of rotatable bonds is 2. The molecule has 3 heteroatoms. The molecule has 0 aliphatic carbocycles. The first-order valence-electron chi connectivity index (χ1n) is 4.31. The normalized spacial score (nSPS) is 10.5. The van der Waals surface area contributed by atoms with Gasteiger partial charge < -0.3 is 4.74 Å². The summed E-state index contributed by atoms with van der Waals surface area (Å²) in [6.07, 6.45) is 0. The molecular weight excluding hydrogens is 200 g/mol. The molecule has 0 unspecified atom stereocenters. The maximum absolute atomic E-state index is 5.84. The molecule has 0 spiro atoms. The summed E-state index contributed by atoms with van der Waals surface area (Å²) >= 11 is 5.84. The monoisotopic (exact) mass is 214 g/mol. The van der Waals surface area contributed by atoms with Crippen LogP contribution in [0.1, 0.15) is 16.7 Å². The minimum atomic E-state index is 0.527. The second-order valence-electron chi connectivity index (χ2n) is 3.27. The summed E-state index contributed by atoms with van der Waals surface area (Å²) in [7, 11) is 2.76. The fourth-order valence-electron chi connectivity index (χ4n) is 1.53. The molecule has 1 rings (SSSR count). The van der Waals surface area contributed by atoms with Crippen molar-refractivity contribution < 1.29 is 4.74 Å². The van der Waals surface area contributed by atoms with Gasteiger partial charge in [-0.25, -0.2) is 0 Å². The van der Waals surface area contributed by atoms with Crippen molar-refractivity contribution >= 4 is 27.0 Å². The van der Waals surface area contributed by atoms with Crippen molar-refractivity contribution in [3.63, 3.8) is 0 Å². The van der Waals surface area contributed by atoms with Gasteiger partial charge in [0.1, 0.15) is 5.75 Å². The number of methoxy groups -OCH3 is 1. The Morgan fingerprint density at radius 3 is 2.46 bits per heavy atom. The van der Waals surface area contributed by atoms with Crippen LogP contribution in [0.5, 0.6) is 5.75 Å². The van der Waals surface area contributed by atoms with Gasteiger partial charge in [0, 0.05) is 15.8 Å². The molecule has 0 radical (unpaired) electrons. The first-order valence-corrected chi connectivity index (χ1v) is 5.85. The zero-order valence-corrected chi connectivity index (χ0v) is 11.3. The van der Waals surface area contributed by atoms with Crippen LogP contribution in [-0.4, -0.2) is 17.4 Å². The van der Waals surface area contributed by atoms with Crippen LogP contribution in [0.3, 0.4) is 0 Å². The van der Waals surface area contributed by atoms with Gasteiger partial charge in [-0.3, -0.25) is 0 Å². The number of halogens is 1. The van der Waals surface area contributed by atoms with Gasteiger partial charge in [-0.15, -0.1) is 11.6 Å². The quantitative estimate of drug-likeness (QED) is 0.528. The molecule has 13 heavy (non-hydrogen) atoms. The molecule has 0 aliphatic rings. The second kappa shape index (κ2) is 4.16. The standard InChI is InChI=1S/C10H15ClOSi/c1-6-7(2)10(12-3)8(5-11)4-9(6)13/h4H,5H2,1-3,13H3. The Bertz CT molecular complexity index is 323. The lowest BCUT2D eigenvalue weighted by atomic mass is 10.1. The molecular formula is C10H15ClOSi. The van der Waals surface area contributed by atoms with Gasteiger partial charge in [0.25, 0.3) is 0 Å². The molecule has 1 aromatic carbocycles. The van der Waals surface area contributed by atoms with Crippen LogP contribution in [0.2, 0.25) is 0 Å². The number of alkyl halides is 1. The topological polar surface area (TPSA) is 9.23 Å². The van der Waals surface area contributed by atoms with E-state index in [1.807, 2.05) is 0 Å². The molecule has 0 atom stereocenters. The van der Waals surface area contributed by atoms with Crippen LogP contribution in [0.4, 0.5) is 0 Å². The maximum atomic E-state index is 5.84. The van der Waals surface area contributed by atoms with Crippen LogP contribution in [0.15, 0.2) is 6.07 Å². The van der Waals surface area contributed by atoms with Gasteiger partial charge in [-0.05, 0) is 25.0 Å². The largest absolute Gasteiger partial charge is 0.496 e. The van der Waals surface area contributed by atoms with Gasteiger partial charge in [0.2, 0.25) is 0 Å². The Labute approximate surface area is 87.5 Å². The van der Waals surface area contributed by atoms with Crippen molar-refractivity contribution in [3.05, 3.63) is 22.8 Å². The predicted octanol–water partition coefficient (Wildman–Crippen LogP) is 1.04. The van der Waals surface area contributed by atoms with Gasteiger partial charge in [-0.1, -0.05) is 11.3 Å². The van der Waals surface area contributed by atoms with Gasteiger partial charge in [-0.2, -0.15) is 0 Å². The number of hydrogen-bond acceptors (Lipinski definition) is 1. The summed E-state index contributed by atoms with van der Waals surface area (Å²) in [5.41, 5.74) is 3.68. The number of ether oxygens (including phenoxy) is 1. The summed E-state index contributed by atoms with van der Waals surface area (Å²) in [6, 6.07) is 2.15. The van der Waals surface area contributed by atoms with E-state index in [2.05, 4.69) is 19.9 Å². The molecule has 0 bridgehead atoms. The molecule has 0 saturated heterocycles. The van der Waals surface area contributed by atoms with E-state index in [1.165, 1.54) is 16.3 Å². The first kappa shape index (κ1) is 10.6. The zero-order chi connectivity index (χ0) is 10.0. The SMILES string of the molecule is COc1c(CCl)cc([SiH3])c(C)c1C. The molecule has 0 heterocycles. The Morgan fingerprint density at radius 1 is 1.38 bits per heavy atom. The molecule has 0 saturated carbocycles. The highest BCUT2D eigenvalue weighted by Gasteiger charge is 2.09. The van der Waals surface area contributed by atoms with E-state index in [-0.39, 0.29) is 0 Å². The molecule has 1 nitrogen and oxygen atoms in total. The number of hydrogen-bond donors (Lipinski definition) is 0. The minimum Gasteiger partial charge on any atom is -0.496 e. The van der Waals surface area contributed by atoms with Crippen LogP contribution >= 0.6 is 11.6 Å². The summed E-state index contributed by atoms with van der Waals surface area (Å²) < 4.78 is 5.33. The lowest BCUT2D eigenvalue weighted by molar-refractivity contribution is 0.408. The van der Waals surface area contributed by atoms with E-state index in [0.717, 1.165) is 21.6 Å². The molecule has 0 amide bonds. The smallest absolute Gasteiger partial charge is 0.126 e. The van der Waals surface area contributed by atoms with Gasteiger partial charge >= 0.3 is 0 Å². The summed E-state index contributed by atoms with van der Waals surface area (Å²) in [4.78, 5) is 0. The fraction of sp³-hybridized carbons (Fsp3) is 0.400. The average molecular weight is 215 g/mol. The highest BCUT2D eigenvalue weighted by Crippen LogP contribution is 2.25. The van der Waals surface area contributed by atoms with E-state index >= 15 is 0 Å². The van der Waals surface area contributed by atoms with E-state index < -0.39 is 0 Å². The third kappa shape index (κ3) is 1.89. The summed E-state index contributed by atoms with van der Waals surface area (Å²) in [6.45, 7) is 4.23. The third-order valence-electron chi connectivity index (χ3n) is 2.53. The Kier molecular flexibility index (Phi) is 3.39. The second-order valence-corrected chi connectivity index (χ2v) is 4.61. The van der Waals surface area contributed by atoms with Crippen LogP contribution in [0.25, 0.3) is 0 Å². The lowest BCUT2D eigenvalue weighted by Crippen LogP contribution is -2.12. The van der Waals surface area contributed by atoms with Crippen molar-refractivity contribution in [1.82, 2.24) is 0 Å². The van der Waals surface area contributed by atoms with E-state index in [9.17, 15) is 0 Å². The first-order chi connectivity index (χ1) is 6.11. The van der Waals surface area contributed by atoms with E-state index in [4.69, 9.17) is 16.3 Å². The van der Waals surface area contributed by atoms with Crippen molar-refractivity contribution in [2.45, 2.75) is 19.7 Å². The van der Waals surface area contributed by atoms with E-state index in [1.54, 1.807) is 7.11 Å². The van der Waals surface area contributed by atoms with Crippen LogP contribution in [-0.2, 0) is 5.88 Å². The Balaban J connectivity index is 3.39. The fourth-order valence-corrected chi connectivity index (χ4v) is 2.45. The van der Waals surface area contributed by atoms with Crippen molar-refractivity contribution in [2.24, 2.45) is 0 Å². The highest BCUT2D eigenvalue weighted by atomic mass is 35.5. The predicted molar refractivity (Wildman–Crippen MR) is 61.6 cm³/mol. The Morgan fingerprint density at radius 2 is 2.00 bits per heavy atom. The molecule has 1 aromatic rings. The summed E-state index contributed by atoms with van der Waals surface area (Å²) in [5.74, 6) is 1.48. The van der Waals surface area contributed by atoms with Gasteiger partial charge in [0.05, 0.1) is 13.0 Å². The van der Waals surface area contributed by atoms with Crippen LogP contribution in [0, 0.1) is 13.8 Å². The highest BCUT2D eigenvalue weighted by molar-refractivity contribution is 6.33. The summed E-state index contributed by atoms with van der Waals surface area (Å²) in [5, 5.41) is 1.41. The van der Waals surface area contributed by atoms with Crippen molar-refractivity contribution in [2.75, 3.05) is 7.11 Å². The van der Waals surface area contributed by atoms with Gasteiger partial charge in [0.15, 0.2) is 0 Å².